The maximum absolute atomic E-state index is 9.82. The Bertz CT molecular complexity index is 817. The summed E-state index contributed by atoms with van der Waals surface area (Å²) >= 11 is 1.65. The van der Waals surface area contributed by atoms with Gasteiger partial charge in [-0.25, -0.2) is 9.97 Å². The minimum Gasteiger partial charge on any atom is -0.394 e. The van der Waals surface area contributed by atoms with Gasteiger partial charge in [-0.3, -0.25) is 4.98 Å². The van der Waals surface area contributed by atoms with Crippen molar-refractivity contribution in [2.45, 2.75) is 33.2 Å². The van der Waals surface area contributed by atoms with E-state index in [-0.39, 0.29) is 12.6 Å². The molecule has 0 saturated heterocycles. The van der Waals surface area contributed by atoms with Crippen LogP contribution in [0.3, 0.4) is 0 Å². The van der Waals surface area contributed by atoms with Crippen LogP contribution in [0.4, 0.5) is 5.82 Å². The van der Waals surface area contributed by atoms with Gasteiger partial charge in [0.05, 0.1) is 18.0 Å². The topological polar surface area (TPSA) is 70.9 Å². The van der Waals surface area contributed by atoms with Gasteiger partial charge in [0.15, 0.2) is 0 Å². The number of thiophene rings is 1. The summed E-state index contributed by atoms with van der Waals surface area (Å²) in [6.07, 6.45) is 4.48. The Morgan fingerprint density at radius 1 is 1.29 bits per heavy atom. The highest BCUT2D eigenvalue weighted by Gasteiger charge is 2.17. The first-order valence-corrected chi connectivity index (χ1v) is 8.98. The van der Waals surface area contributed by atoms with Gasteiger partial charge in [0.2, 0.25) is 0 Å². The number of rotatable bonds is 6. The first-order valence-electron chi connectivity index (χ1n) is 8.10. The fourth-order valence-electron chi connectivity index (χ4n) is 2.78. The lowest BCUT2D eigenvalue weighted by atomic mass is 10.0. The van der Waals surface area contributed by atoms with E-state index >= 15 is 0 Å². The van der Waals surface area contributed by atoms with E-state index < -0.39 is 0 Å². The Morgan fingerprint density at radius 3 is 2.79 bits per heavy atom. The molecule has 0 aliphatic heterocycles. The van der Waals surface area contributed by atoms with Crippen LogP contribution >= 0.6 is 11.3 Å². The van der Waals surface area contributed by atoms with Crippen LogP contribution in [0.5, 0.6) is 0 Å². The minimum absolute atomic E-state index is 0.0279. The number of nitrogens with one attached hydrogen (secondary N) is 1. The second-order valence-electron chi connectivity index (χ2n) is 6.32. The van der Waals surface area contributed by atoms with Crippen LogP contribution in [0.15, 0.2) is 29.9 Å². The van der Waals surface area contributed by atoms with E-state index in [2.05, 4.69) is 39.5 Å². The number of hydrogen-bond donors (Lipinski definition) is 2. The zero-order chi connectivity index (χ0) is 17.1. The molecule has 0 fully saturated rings. The maximum Gasteiger partial charge on any atom is 0.139 e. The van der Waals surface area contributed by atoms with Crippen molar-refractivity contribution < 1.29 is 5.11 Å². The van der Waals surface area contributed by atoms with Gasteiger partial charge >= 0.3 is 0 Å². The molecule has 3 heterocycles. The van der Waals surface area contributed by atoms with Gasteiger partial charge in [-0.15, -0.1) is 11.3 Å². The van der Waals surface area contributed by atoms with Crippen molar-refractivity contribution >= 4 is 27.4 Å². The van der Waals surface area contributed by atoms with Crippen molar-refractivity contribution in [3.63, 3.8) is 0 Å². The van der Waals surface area contributed by atoms with E-state index in [1.165, 1.54) is 5.56 Å². The molecule has 6 heteroatoms. The van der Waals surface area contributed by atoms with Crippen molar-refractivity contribution in [2.75, 3.05) is 11.9 Å². The molecule has 0 bridgehead atoms. The summed E-state index contributed by atoms with van der Waals surface area (Å²) in [7, 11) is 0. The molecule has 3 aromatic heterocycles. The van der Waals surface area contributed by atoms with Crippen LogP contribution in [-0.2, 0) is 6.42 Å². The van der Waals surface area contributed by atoms with Gasteiger partial charge in [-0.1, -0.05) is 19.9 Å². The number of nitrogens with zero attached hydrogens (tertiary/aromatic N) is 3. The lowest BCUT2D eigenvalue weighted by molar-refractivity contribution is 0.276. The van der Waals surface area contributed by atoms with Gasteiger partial charge < -0.3 is 10.4 Å². The van der Waals surface area contributed by atoms with Gasteiger partial charge in [0.25, 0.3) is 0 Å². The zero-order valence-corrected chi connectivity index (χ0v) is 15.0. The number of hydrogen-bond acceptors (Lipinski definition) is 6. The lowest BCUT2D eigenvalue weighted by Gasteiger charge is -2.18. The molecular formula is C18H22N4OS. The Balaban J connectivity index is 2.02. The van der Waals surface area contributed by atoms with Gasteiger partial charge in [0, 0.05) is 12.4 Å². The molecule has 1 unspecified atom stereocenters. The van der Waals surface area contributed by atoms with Crippen molar-refractivity contribution in [2.24, 2.45) is 5.92 Å². The van der Waals surface area contributed by atoms with Crippen LogP contribution in [-0.4, -0.2) is 26.7 Å². The number of aliphatic hydroxyl groups is 1. The minimum atomic E-state index is -0.247. The van der Waals surface area contributed by atoms with E-state index in [1.807, 2.05) is 19.1 Å². The van der Waals surface area contributed by atoms with Crippen LogP contribution in [0.25, 0.3) is 10.2 Å². The maximum atomic E-state index is 9.82. The normalized spacial score (nSPS) is 12.7. The first-order chi connectivity index (χ1) is 11.6. The summed E-state index contributed by atoms with van der Waals surface area (Å²) in [6.45, 7) is 6.28. The molecule has 0 amide bonds. The Morgan fingerprint density at radius 2 is 2.12 bits per heavy atom. The second kappa shape index (κ2) is 7.23. The van der Waals surface area contributed by atoms with E-state index in [9.17, 15) is 5.11 Å². The smallest absolute Gasteiger partial charge is 0.139 e. The Labute approximate surface area is 145 Å². The number of fused-ring (bicyclic) bond motifs is 1. The van der Waals surface area contributed by atoms with Crippen molar-refractivity contribution in [1.82, 2.24) is 15.0 Å². The SMILES string of the molecule is Cc1nc(NC(CO)c2cccnc2)c2c(CC(C)C)csc2n1. The lowest BCUT2D eigenvalue weighted by Crippen LogP contribution is -2.16. The van der Waals surface area contributed by atoms with Crippen molar-refractivity contribution in [1.29, 1.82) is 0 Å². The highest BCUT2D eigenvalue weighted by atomic mass is 32.1. The average Bonchev–Trinajstić information content (AvgIpc) is 2.95. The molecule has 3 rings (SSSR count). The predicted octanol–water partition coefficient (Wildman–Crippen LogP) is 3.74. The number of anilines is 1. The fraction of sp³-hybridized carbons (Fsp3) is 0.389. The number of aromatic nitrogens is 3. The molecule has 1 atom stereocenters. The molecule has 0 saturated carbocycles. The number of pyridine rings is 1. The summed E-state index contributed by atoms with van der Waals surface area (Å²) in [5.41, 5.74) is 2.19. The first kappa shape index (κ1) is 16.8. The van der Waals surface area contributed by atoms with E-state index in [1.54, 1.807) is 23.7 Å². The predicted molar refractivity (Wildman–Crippen MR) is 98.4 cm³/mol. The van der Waals surface area contributed by atoms with Crippen LogP contribution < -0.4 is 5.32 Å². The highest BCUT2D eigenvalue weighted by Crippen LogP contribution is 2.33. The molecule has 0 aliphatic rings. The van der Waals surface area contributed by atoms with E-state index in [0.29, 0.717) is 5.92 Å². The summed E-state index contributed by atoms with van der Waals surface area (Å²) < 4.78 is 0. The molecule has 2 N–H and O–H groups in total. The summed E-state index contributed by atoms with van der Waals surface area (Å²) in [6, 6.07) is 3.58. The van der Waals surface area contributed by atoms with Gasteiger partial charge in [-0.05, 0) is 41.8 Å². The van der Waals surface area contributed by atoms with Crippen LogP contribution in [0, 0.1) is 12.8 Å². The molecule has 0 radical (unpaired) electrons. The van der Waals surface area contributed by atoms with Crippen molar-refractivity contribution in [3.05, 3.63) is 46.9 Å². The van der Waals surface area contributed by atoms with Crippen LogP contribution in [0.1, 0.15) is 36.8 Å². The monoisotopic (exact) mass is 342 g/mol. The number of aliphatic hydroxyl groups excluding tert-OH is 1. The fourth-order valence-corrected chi connectivity index (χ4v) is 3.78. The molecule has 0 aromatic carbocycles. The second-order valence-corrected chi connectivity index (χ2v) is 7.18. The third-order valence-corrected chi connectivity index (χ3v) is 4.75. The quantitative estimate of drug-likeness (QED) is 0.714. The summed E-state index contributed by atoms with van der Waals surface area (Å²) in [4.78, 5) is 14.3. The van der Waals surface area contributed by atoms with Gasteiger partial charge in [-0.2, -0.15) is 0 Å². The van der Waals surface area contributed by atoms with E-state index in [0.717, 1.165) is 33.8 Å². The van der Waals surface area contributed by atoms with Gasteiger partial charge in [0.1, 0.15) is 16.5 Å². The Kier molecular flexibility index (Phi) is 5.06. The zero-order valence-electron chi connectivity index (χ0n) is 14.2. The summed E-state index contributed by atoms with van der Waals surface area (Å²) in [5, 5.41) is 16.5. The molecule has 5 nitrogen and oxygen atoms in total. The average molecular weight is 342 g/mol. The third kappa shape index (κ3) is 3.55. The molecule has 0 aliphatic carbocycles. The third-order valence-electron chi connectivity index (χ3n) is 3.83. The molecular weight excluding hydrogens is 320 g/mol. The van der Waals surface area contributed by atoms with E-state index in [4.69, 9.17) is 0 Å². The number of aryl methyl sites for hydroxylation is 1. The molecule has 126 valence electrons. The largest absolute Gasteiger partial charge is 0.394 e. The van der Waals surface area contributed by atoms with Crippen LogP contribution in [0.2, 0.25) is 0 Å². The molecule has 0 spiro atoms. The summed E-state index contributed by atoms with van der Waals surface area (Å²) in [5.74, 6) is 2.08. The molecule has 24 heavy (non-hydrogen) atoms. The standard InChI is InChI=1S/C18H22N4OS/c1-11(2)7-14-10-24-18-16(14)17(20-12(3)21-18)22-15(9-23)13-5-4-6-19-8-13/h4-6,8,10-11,15,23H,7,9H2,1-3H3,(H,20,21,22). The van der Waals surface area contributed by atoms with Crippen molar-refractivity contribution in [3.8, 4) is 0 Å². The molecule has 3 aromatic rings. The Hall–Kier alpha value is -2.05. The highest BCUT2D eigenvalue weighted by molar-refractivity contribution is 7.17.